The predicted octanol–water partition coefficient (Wildman–Crippen LogP) is 4.30. The highest BCUT2D eigenvalue weighted by Crippen LogP contribution is 2.34. The average Bonchev–Trinajstić information content (AvgIpc) is 3.31. The lowest BCUT2D eigenvalue weighted by molar-refractivity contribution is -0.150. The Morgan fingerprint density at radius 2 is 1.97 bits per heavy atom. The van der Waals surface area contributed by atoms with E-state index >= 15 is 0 Å². The normalized spacial score (nSPS) is 20.7. The smallest absolute Gasteiger partial charge is 0.310 e. The number of piperidine rings is 1. The zero-order valence-electron chi connectivity index (χ0n) is 19.6. The fourth-order valence-corrected chi connectivity index (χ4v) is 4.70. The summed E-state index contributed by atoms with van der Waals surface area (Å²) < 4.78 is 10.6. The molecular weight excluding hydrogens is 454 g/mol. The zero-order chi connectivity index (χ0) is 24.1. The molecule has 0 spiro atoms. The number of benzene rings is 2. The van der Waals surface area contributed by atoms with E-state index in [-0.39, 0.29) is 30.4 Å². The number of hydrogen-bond donors (Lipinski definition) is 0. The van der Waals surface area contributed by atoms with Crippen molar-refractivity contribution in [3.8, 4) is 5.75 Å². The molecule has 2 aliphatic heterocycles. The molecule has 2 aromatic carbocycles. The maximum atomic E-state index is 13.5. The van der Waals surface area contributed by atoms with Gasteiger partial charge in [0, 0.05) is 23.6 Å². The van der Waals surface area contributed by atoms with Crippen molar-refractivity contribution in [3.63, 3.8) is 0 Å². The maximum absolute atomic E-state index is 13.5. The van der Waals surface area contributed by atoms with Crippen molar-refractivity contribution < 1.29 is 19.1 Å². The maximum Gasteiger partial charge on any atom is 0.310 e. The summed E-state index contributed by atoms with van der Waals surface area (Å²) in [7, 11) is 1.63. The van der Waals surface area contributed by atoms with Crippen LogP contribution < -0.4 is 4.74 Å². The Morgan fingerprint density at radius 3 is 2.71 bits per heavy atom. The quantitative estimate of drug-likeness (QED) is 0.549. The van der Waals surface area contributed by atoms with Gasteiger partial charge in [-0.1, -0.05) is 35.9 Å². The SMILES string of the molecule is CCOC(=O)[C@H]1CCCN(CC(=O)N2N=C(c3cccc(OC)c3)C[C@@H]2c2ccc(Cl)cc2)C1. The summed E-state index contributed by atoms with van der Waals surface area (Å²) in [5.41, 5.74) is 2.73. The van der Waals surface area contributed by atoms with E-state index in [2.05, 4.69) is 0 Å². The first-order chi connectivity index (χ1) is 16.5. The lowest BCUT2D eigenvalue weighted by atomic mass is 9.97. The topological polar surface area (TPSA) is 71.4 Å². The van der Waals surface area contributed by atoms with Gasteiger partial charge in [0.15, 0.2) is 0 Å². The van der Waals surface area contributed by atoms with E-state index < -0.39 is 0 Å². The molecule has 7 nitrogen and oxygen atoms in total. The molecule has 2 heterocycles. The van der Waals surface area contributed by atoms with E-state index in [0.29, 0.717) is 24.6 Å². The van der Waals surface area contributed by atoms with E-state index in [0.717, 1.165) is 42.0 Å². The lowest BCUT2D eigenvalue weighted by Gasteiger charge is -2.32. The largest absolute Gasteiger partial charge is 0.497 e. The molecule has 0 radical (unpaired) electrons. The number of carbonyl (C=O) groups is 2. The van der Waals surface area contributed by atoms with Crippen molar-refractivity contribution in [1.82, 2.24) is 9.91 Å². The van der Waals surface area contributed by atoms with Crippen LogP contribution in [0.2, 0.25) is 5.02 Å². The molecular formula is C26H30ClN3O4. The minimum absolute atomic E-state index is 0.0950. The first-order valence-corrected chi connectivity index (χ1v) is 12.0. The van der Waals surface area contributed by atoms with Gasteiger partial charge in [-0.3, -0.25) is 14.5 Å². The van der Waals surface area contributed by atoms with Crippen LogP contribution in [0.1, 0.15) is 43.4 Å². The molecule has 8 heteroatoms. The van der Waals surface area contributed by atoms with Gasteiger partial charge in [0.2, 0.25) is 0 Å². The molecule has 0 N–H and O–H groups in total. The summed E-state index contributed by atoms with van der Waals surface area (Å²) >= 11 is 6.10. The standard InChI is InChI=1S/C26H30ClN3O4/c1-3-34-26(32)20-7-5-13-29(16-20)17-25(31)30-24(18-9-11-21(27)12-10-18)15-23(28-30)19-6-4-8-22(14-19)33-2/h4,6,8-12,14,20,24H,3,5,7,13,15-17H2,1-2H3/t20-,24+/m0/s1. The molecule has 180 valence electrons. The van der Waals surface area contributed by atoms with Crippen LogP contribution in [0.5, 0.6) is 5.75 Å². The summed E-state index contributed by atoms with van der Waals surface area (Å²) in [6.07, 6.45) is 2.24. The van der Waals surface area contributed by atoms with E-state index in [4.69, 9.17) is 26.2 Å². The number of rotatable bonds is 7. The summed E-state index contributed by atoms with van der Waals surface area (Å²) in [5, 5.41) is 6.99. The average molecular weight is 484 g/mol. The Morgan fingerprint density at radius 1 is 1.18 bits per heavy atom. The van der Waals surface area contributed by atoms with Crippen LogP contribution in [0.25, 0.3) is 0 Å². The fraction of sp³-hybridized carbons (Fsp3) is 0.423. The van der Waals surface area contributed by atoms with Crippen molar-refractivity contribution in [2.24, 2.45) is 11.0 Å². The van der Waals surface area contributed by atoms with Crippen LogP contribution in [-0.2, 0) is 14.3 Å². The second-order valence-electron chi connectivity index (χ2n) is 8.61. The Labute approximate surface area is 205 Å². The molecule has 2 atom stereocenters. The monoisotopic (exact) mass is 483 g/mol. The van der Waals surface area contributed by atoms with Crippen LogP contribution in [0.4, 0.5) is 0 Å². The van der Waals surface area contributed by atoms with Gasteiger partial charge in [0.1, 0.15) is 5.75 Å². The lowest BCUT2D eigenvalue weighted by Crippen LogP contribution is -2.44. The van der Waals surface area contributed by atoms with Gasteiger partial charge in [0.25, 0.3) is 5.91 Å². The Kier molecular flexibility index (Phi) is 7.85. The zero-order valence-corrected chi connectivity index (χ0v) is 20.3. The molecule has 1 fully saturated rings. The molecule has 34 heavy (non-hydrogen) atoms. The molecule has 0 aromatic heterocycles. The third-order valence-corrected chi connectivity index (χ3v) is 6.56. The van der Waals surface area contributed by atoms with Crippen molar-refractivity contribution in [3.05, 3.63) is 64.7 Å². The number of esters is 1. The molecule has 1 amide bonds. The minimum Gasteiger partial charge on any atom is -0.497 e. The summed E-state index contributed by atoms with van der Waals surface area (Å²) in [4.78, 5) is 27.7. The highest BCUT2D eigenvalue weighted by Gasteiger charge is 2.35. The summed E-state index contributed by atoms with van der Waals surface area (Å²) in [6.45, 7) is 3.68. The van der Waals surface area contributed by atoms with Gasteiger partial charge in [-0.15, -0.1) is 0 Å². The third kappa shape index (κ3) is 5.59. The van der Waals surface area contributed by atoms with Gasteiger partial charge in [-0.05, 0) is 56.1 Å². The molecule has 2 aromatic rings. The van der Waals surface area contributed by atoms with E-state index in [1.165, 1.54) is 0 Å². The van der Waals surface area contributed by atoms with Crippen LogP contribution in [-0.4, -0.2) is 60.8 Å². The molecule has 2 aliphatic rings. The highest BCUT2D eigenvalue weighted by molar-refractivity contribution is 6.30. The molecule has 1 saturated heterocycles. The van der Waals surface area contributed by atoms with Gasteiger partial charge in [0.05, 0.1) is 37.9 Å². The molecule has 0 aliphatic carbocycles. The Hall–Kier alpha value is -2.90. The number of carbonyl (C=O) groups excluding carboxylic acids is 2. The molecule has 0 saturated carbocycles. The second-order valence-corrected chi connectivity index (χ2v) is 9.05. The summed E-state index contributed by atoms with van der Waals surface area (Å²) in [5.74, 6) is 0.273. The van der Waals surface area contributed by atoms with Gasteiger partial charge >= 0.3 is 5.97 Å². The van der Waals surface area contributed by atoms with Crippen LogP contribution >= 0.6 is 11.6 Å². The van der Waals surface area contributed by atoms with Crippen LogP contribution in [0.3, 0.4) is 0 Å². The fourth-order valence-electron chi connectivity index (χ4n) is 4.58. The van der Waals surface area contributed by atoms with E-state index in [9.17, 15) is 9.59 Å². The summed E-state index contributed by atoms with van der Waals surface area (Å²) in [6, 6.07) is 15.0. The highest BCUT2D eigenvalue weighted by atomic mass is 35.5. The van der Waals surface area contributed by atoms with E-state index in [1.54, 1.807) is 12.1 Å². The van der Waals surface area contributed by atoms with Crippen molar-refractivity contribution in [1.29, 1.82) is 0 Å². The van der Waals surface area contributed by atoms with Crippen molar-refractivity contribution >= 4 is 29.2 Å². The van der Waals surface area contributed by atoms with Crippen LogP contribution in [0, 0.1) is 5.92 Å². The first kappa shape index (κ1) is 24.2. The van der Waals surface area contributed by atoms with Gasteiger partial charge < -0.3 is 9.47 Å². The van der Waals surface area contributed by atoms with Crippen LogP contribution in [0.15, 0.2) is 53.6 Å². The van der Waals surface area contributed by atoms with E-state index in [1.807, 2.05) is 60.4 Å². The number of hydrazone groups is 1. The number of nitrogens with zero attached hydrogens (tertiary/aromatic N) is 3. The first-order valence-electron chi connectivity index (χ1n) is 11.7. The number of methoxy groups -OCH3 is 1. The Bertz CT molecular complexity index is 1060. The number of hydrogen-bond acceptors (Lipinski definition) is 6. The molecule has 0 unspecified atom stereocenters. The van der Waals surface area contributed by atoms with Gasteiger partial charge in [-0.25, -0.2) is 5.01 Å². The molecule has 0 bridgehead atoms. The number of amides is 1. The third-order valence-electron chi connectivity index (χ3n) is 6.31. The number of halogens is 1. The predicted molar refractivity (Wildman–Crippen MR) is 131 cm³/mol. The van der Waals surface area contributed by atoms with Gasteiger partial charge in [-0.2, -0.15) is 5.10 Å². The number of ether oxygens (including phenoxy) is 2. The minimum atomic E-state index is -0.225. The van der Waals surface area contributed by atoms with Crippen molar-refractivity contribution in [2.75, 3.05) is 33.4 Å². The van der Waals surface area contributed by atoms with Crippen molar-refractivity contribution in [2.45, 2.75) is 32.2 Å². The number of likely N-dealkylation sites (tertiary alicyclic amines) is 1. The second kappa shape index (κ2) is 11.0. The molecule has 4 rings (SSSR count). The Balaban J connectivity index is 1.55.